The molecule has 9 heteroatoms. The maximum atomic E-state index is 12.9. The van der Waals surface area contributed by atoms with Crippen LogP contribution in [0.5, 0.6) is 11.5 Å². The summed E-state index contributed by atoms with van der Waals surface area (Å²) in [6, 6.07) is 16.8. The normalized spacial score (nSPS) is 14.4. The Hall–Kier alpha value is -3.72. The topological polar surface area (TPSA) is 97.0 Å². The molecule has 0 bridgehead atoms. The van der Waals surface area contributed by atoms with Crippen molar-refractivity contribution in [3.8, 4) is 11.5 Å². The third-order valence-corrected chi connectivity index (χ3v) is 7.30. The number of hydrogen-bond acceptors (Lipinski definition) is 6. The summed E-state index contributed by atoms with van der Waals surface area (Å²) in [5, 5.41) is 2.92. The molecular weight excluding hydrogens is 454 g/mol. The number of fused-ring (bicyclic) bond motifs is 2. The predicted octanol–water partition coefficient (Wildman–Crippen LogP) is 3.89. The fraction of sp³-hybridized carbons (Fsp3) is 0.240. The summed E-state index contributed by atoms with van der Waals surface area (Å²) in [6.45, 7) is 4.79. The third-order valence-electron chi connectivity index (χ3n) is 5.92. The fourth-order valence-electron chi connectivity index (χ4n) is 4.18. The zero-order valence-corrected chi connectivity index (χ0v) is 19.5. The first kappa shape index (κ1) is 22.1. The molecule has 0 spiro atoms. The standard InChI is InChI=1S/C25H25N3O5S/c1-2-28-11-10-17-6-7-19(15-22(17)28)26-25(29)18-4-3-5-20(14-18)27-34(30,31)21-8-9-23-24(16-21)33-13-12-32-23/h3-9,14-16,27H,2,10-13H2,1H3,(H,26,29). The highest BCUT2D eigenvalue weighted by Gasteiger charge is 2.21. The van der Waals surface area contributed by atoms with Gasteiger partial charge in [0.2, 0.25) is 0 Å². The summed E-state index contributed by atoms with van der Waals surface area (Å²) in [4.78, 5) is 15.2. The largest absolute Gasteiger partial charge is 0.486 e. The van der Waals surface area contributed by atoms with E-state index in [1.807, 2.05) is 18.2 Å². The molecule has 3 aromatic carbocycles. The van der Waals surface area contributed by atoms with E-state index < -0.39 is 10.0 Å². The summed E-state index contributed by atoms with van der Waals surface area (Å²) in [5.41, 5.74) is 3.74. The Morgan fingerprint density at radius 3 is 2.62 bits per heavy atom. The van der Waals surface area contributed by atoms with Gasteiger partial charge >= 0.3 is 0 Å². The molecule has 0 unspecified atom stereocenters. The molecule has 8 nitrogen and oxygen atoms in total. The summed E-state index contributed by atoms with van der Waals surface area (Å²) in [5.74, 6) is 0.581. The highest BCUT2D eigenvalue weighted by atomic mass is 32.2. The van der Waals surface area contributed by atoms with Crippen LogP contribution in [0.1, 0.15) is 22.8 Å². The third kappa shape index (κ3) is 4.38. The van der Waals surface area contributed by atoms with Gasteiger partial charge in [0.1, 0.15) is 13.2 Å². The van der Waals surface area contributed by atoms with Crippen LogP contribution in [0.15, 0.2) is 65.6 Å². The van der Waals surface area contributed by atoms with E-state index in [1.54, 1.807) is 24.3 Å². The molecule has 2 aliphatic rings. The van der Waals surface area contributed by atoms with Crippen LogP contribution in [0.4, 0.5) is 17.1 Å². The molecule has 0 atom stereocenters. The van der Waals surface area contributed by atoms with Crippen LogP contribution in [-0.4, -0.2) is 40.6 Å². The molecule has 0 aromatic heterocycles. The van der Waals surface area contributed by atoms with Crippen LogP contribution in [0.2, 0.25) is 0 Å². The zero-order chi connectivity index (χ0) is 23.7. The molecule has 2 aliphatic heterocycles. The van der Waals surface area contributed by atoms with Gasteiger partial charge in [0.25, 0.3) is 15.9 Å². The lowest BCUT2D eigenvalue weighted by molar-refractivity contribution is 0.102. The second-order valence-corrected chi connectivity index (χ2v) is 9.80. The maximum absolute atomic E-state index is 12.9. The van der Waals surface area contributed by atoms with Gasteiger partial charge < -0.3 is 19.7 Å². The van der Waals surface area contributed by atoms with E-state index in [2.05, 4.69) is 21.9 Å². The van der Waals surface area contributed by atoms with Crippen LogP contribution in [0.3, 0.4) is 0 Å². The minimum atomic E-state index is -3.89. The first-order chi connectivity index (χ1) is 16.4. The monoisotopic (exact) mass is 479 g/mol. The second kappa shape index (κ2) is 8.90. The van der Waals surface area contributed by atoms with E-state index in [-0.39, 0.29) is 16.5 Å². The number of anilines is 3. The number of nitrogens with one attached hydrogen (secondary N) is 2. The van der Waals surface area contributed by atoms with Gasteiger partial charge in [0.15, 0.2) is 11.5 Å². The number of benzene rings is 3. The number of carbonyl (C=O) groups is 1. The van der Waals surface area contributed by atoms with Crippen molar-refractivity contribution in [1.29, 1.82) is 0 Å². The van der Waals surface area contributed by atoms with Crippen molar-refractivity contribution in [2.24, 2.45) is 0 Å². The summed E-state index contributed by atoms with van der Waals surface area (Å²) in [6.07, 6.45) is 1.00. The first-order valence-electron chi connectivity index (χ1n) is 11.1. The summed E-state index contributed by atoms with van der Waals surface area (Å²) >= 11 is 0. The molecular formula is C25H25N3O5S. The molecule has 2 N–H and O–H groups in total. The Morgan fingerprint density at radius 2 is 1.79 bits per heavy atom. The van der Waals surface area contributed by atoms with Gasteiger partial charge in [-0.2, -0.15) is 0 Å². The number of nitrogens with zero attached hydrogens (tertiary/aromatic N) is 1. The minimum absolute atomic E-state index is 0.0465. The van der Waals surface area contributed by atoms with Crippen molar-refractivity contribution in [1.82, 2.24) is 0 Å². The lowest BCUT2D eigenvalue weighted by Gasteiger charge is -2.19. The van der Waals surface area contributed by atoms with E-state index in [4.69, 9.17) is 9.47 Å². The lowest BCUT2D eigenvalue weighted by Crippen LogP contribution is -2.19. The van der Waals surface area contributed by atoms with Gasteiger partial charge in [-0.25, -0.2) is 8.42 Å². The Kier molecular flexibility index (Phi) is 5.79. The van der Waals surface area contributed by atoms with Crippen LogP contribution in [0, 0.1) is 0 Å². The number of likely N-dealkylation sites (N-methyl/N-ethyl adjacent to an activating group) is 1. The Bertz CT molecular complexity index is 1360. The van der Waals surface area contributed by atoms with Gasteiger partial charge in [-0.05, 0) is 61.4 Å². The van der Waals surface area contributed by atoms with Crippen LogP contribution in [-0.2, 0) is 16.4 Å². The van der Waals surface area contributed by atoms with Gasteiger partial charge in [-0.1, -0.05) is 12.1 Å². The summed E-state index contributed by atoms with van der Waals surface area (Å²) in [7, 11) is -3.89. The van der Waals surface area contributed by atoms with Crippen molar-refractivity contribution < 1.29 is 22.7 Å². The van der Waals surface area contributed by atoms with E-state index in [9.17, 15) is 13.2 Å². The molecule has 0 radical (unpaired) electrons. The number of sulfonamides is 1. The molecule has 0 aliphatic carbocycles. The van der Waals surface area contributed by atoms with Gasteiger partial charge in [-0.15, -0.1) is 0 Å². The molecule has 1 amide bonds. The van der Waals surface area contributed by atoms with Crippen LogP contribution in [0.25, 0.3) is 0 Å². The fourth-order valence-corrected chi connectivity index (χ4v) is 5.25. The highest BCUT2D eigenvalue weighted by Crippen LogP contribution is 2.33. The van der Waals surface area contributed by atoms with Crippen LogP contribution >= 0.6 is 0 Å². The molecule has 176 valence electrons. The quantitative estimate of drug-likeness (QED) is 0.557. The highest BCUT2D eigenvalue weighted by molar-refractivity contribution is 7.92. The summed E-state index contributed by atoms with van der Waals surface area (Å²) < 4.78 is 39.3. The van der Waals surface area contributed by atoms with E-state index in [0.717, 1.165) is 25.2 Å². The number of amides is 1. The van der Waals surface area contributed by atoms with Crippen molar-refractivity contribution >= 4 is 33.0 Å². The van der Waals surface area contributed by atoms with Crippen LogP contribution < -0.4 is 24.4 Å². The van der Waals surface area contributed by atoms with E-state index in [1.165, 1.54) is 23.8 Å². The average Bonchev–Trinajstić information content (AvgIpc) is 3.26. The molecule has 0 saturated heterocycles. The molecule has 2 heterocycles. The number of carbonyl (C=O) groups excluding carboxylic acids is 1. The van der Waals surface area contributed by atoms with E-state index >= 15 is 0 Å². The molecule has 5 rings (SSSR count). The van der Waals surface area contributed by atoms with Gasteiger partial charge in [0.05, 0.1) is 4.90 Å². The van der Waals surface area contributed by atoms with Gasteiger partial charge in [0, 0.05) is 41.8 Å². The van der Waals surface area contributed by atoms with Crippen molar-refractivity contribution in [3.05, 3.63) is 71.8 Å². The minimum Gasteiger partial charge on any atom is -0.486 e. The number of ether oxygens (including phenoxy) is 2. The zero-order valence-electron chi connectivity index (χ0n) is 18.7. The molecule has 0 saturated carbocycles. The average molecular weight is 480 g/mol. The lowest BCUT2D eigenvalue weighted by atomic mass is 10.1. The molecule has 0 fully saturated rings. The van der Waals surface area contributed by atoms with Crippen molar-refractivity contribution in [2.45, 2.75) is 18.2 Å². The maximum Gasteiger partial charge on any atom is 0.262 e. The van der Waals surface area contributed by atoms with Crippen molar-refractivity contribution in [2.75, 3.05) is 41.2 Å². The predicted molar refractivity (Wildman–Crippen MR) is 131 cm³/mol. The Morgan fingerprint density at radius 1 is 0.971 bits per heavy atom. The first-order valence-corrected chi connectivity index (χ1v) is 12.6. The number of hydrogen-bond donors (Lipinski definition) is 2. The number of rotatable bonds is 6. The van der Waals surface area contributed by atoms with E-state index in [0.29, 0.717) is 36.0 Å². The molecule has 3 aromatic rings. The Labute approximate surface area is 198 Å². The second-order valence-electron chi connectivity index (χ2n) is 8.12. The van der Waals surface area contributed by atoms with Gasteiger partial charge in [-0.3, -0.25) is 9.52 Å². The van der Waals surface area contributed by atoms with Crippen molar-refractivity contribution in [3.63, 3.8) is 0 Å². The smallest absolute Gasteiger partial charge is 0.262 e. The SMILES string of the molecule is CCN1CCc2ccc(NC(=O)c3cccc(NS(=O)(=O)c4ccc5c(c4)OCCO5)c3)cc21. The Balaban J connectivity index is 1.32. The molecule has 34 heavy (non-hydrogen) atoms.